The lowest BCUT2D eigenvalue weighted by molar-refractivity contribution is -0.164. The van der Waals surface area contributed by atoms with Gasteiger partial charge in [-0.05, 0) is 43.4 Å². The Balaban J connectivity index is 1.69. The van der Waals surface area contributed by atoms with E-state index < -0.39 is 0 Å². The molecule has 0 spiro atoms. The van der Waals surface area contributed by atoms with Crippen LogP contribution in [-0.2, 0) is 14.3 Å². The van der Waals surface area contributed by atoms with Crippen molar-refractivity contribution in [1.82, 2.24) is 4.90 Å². The maximum Gasteiger partial charge on any atom is 0.329 e. The first-order valence-electron chi connectivity index (χ1n) is 8.81. The number of rotatable bonds is 3. The Hall–Kier alpha value is -1.06. The van der Waals surface area contributed by atoms with Crippen LogP contribution in [-0.4, -0.2) is 35.5 Å². The van der Waals surface area contributed by atoms with Crippen LogP contribution in [0.4, 0.5) is 0 Å². The third-order valence-corrected chi connectivity index (χ3v) is 7.12. The van der Waals surface area contributed by atoms with Crippen LogP contribution in [0, 0.1) is 16.7 Å². The summed E-state index contributed by atoms with van der Waals surface area (Å²) in [6.07, 6.45) is 5.52. The van der Waals surface area contributed by atoms with Gasteiger partial charge in [0.15, 0.2) is 0 Å². The fourth-order valence-corrected chi connectivity index (χ4v) is 5.04. The molecule has 22 heavy (non-hydrogen) atoms. The first-order chi connectivity index (χ1) is 10.3. The highest BCUT2D eigenvalue weighted by Gasteiger charge is 2.63. The number of hydrogen-bond donors (Lipinski definition) is 0. The summed E-state index contributed by atoms with van der Waals surface area (Å²) in [7, 11) is 0. The summed E-state index contributed by atoms with van der Waals surface area (Å²) in [5.41, 5.74) is 0.331. The Kier molecular flexibility index (Phi) is 3.77. The average Bonchev–Trinajstić information content (AvgIpc) is 3.09. The van der Waals surface area contributed by atoms with Crippen molar-refractivity contribution in [2.24, 2.45) is 16.7 Å². The fourth-order valence-electron chi connectivity index (χ4n) is 5.04. The molecular formula is C18H29NO3. The largest absolute Gasteiger partial charge is 0.460 e. The lowest BCUT2D eigenvalue weighted by Crippen LogP contribution is -2.45. The zero-order valence-corrected chi connectivity index (χ0v) is 14.4. The van der Waals surface area contributed by atoms with Gasteiger partial charge in [-0.2, -0.15) is 0 Å². The third-order valence-electron chi connectivity index (χ3n) is 7.12. The smallest absolute Gasteiger partial charge is 0.329 e. The van der Waals surface area contributed by atoms with Crippen molar-refractivity contribution in [2.45, 2.75) is 78.4 Å². The van der Waals surface area contributed by atoms with Gasteiger partial charge in [-0.3, -0.25) is 4.79 Å². The topological polar surface area (TPSA) is 46.6 Å². The van der Waals surface area contributed by atoms with E-state index in [1.165, 1.54) is 6.42 Å². The maximum atomic E-state index is 12.6. The summed E-state index contributed by atoms with van der Waals surface area (Å²) >= 11 is 0. The van der Waals surface area contributed by atoms with E-state index in [1.54, 1.807) is 4.90 Å². The van der Waals surface area contributed by atoms with Gasteiger partial charge in [-0.25, -0.2) is 4.79 Å². The molecule has 4 nitrogen and oxygen atoms in total. The molecule has 0 N–H and O–H groups in total. The van der Waals surface area contributed by atoms with Crippen LogP contribution in [0.1, 0.15) is 66.2 Å². The molecule has 1 heterocycles. The lowest BCUT2D eigenvalue weighted by Gasteiger charge is -2.39. The maximum absolute atomic E-state index is 12.6. The van der Waals surface area contributed by atoms with Crippen LogP contribution < -0.4 is 0 Å². The van der Waals surface area contributed by atoms with E-state index in [0.717, 1.165) is 25.7 Å². The molecule has 3 rings (SSSR count). The Labute approximate surface area is 133 Å². The predicted molar refractivity (Wildman–Crippen MR) is 84.1 cm³/mol. The Bertz CT molecular complexity index is 487. The molecule has 3 fully saturated rings. The molecule has 1 saturated heterocycles. The number of esters is 1. The fraction of sp³-hybridized carbons (Fsp3) is 0.889. The van der Waals surface area contributed by atoms with Crippen LogP contribution in [0.15, 0.2) is 0 Å². The minimum atomic E-state index is -0.349. The number of amides is 1. The summed E-state index contributed by atoms with van der Waals surface area (Å²) in [5, 5.41) is 0. The molecule has 0 aromatic carbocycles. The van der Waals surface area contributed by atoms with Gasteiger partial charge in [0.05, 0.1) is 0 Å². The highest BCUT2D eigenvalue weighted by atomic mass is 16.5. The first-order valence-corrected chi connectivity index (χ1v) is 8.81. The zero-order chi connectivity index (χ0) is 16.1. The number of carbonyl (C=O) groups is 2. The van der Waals surface area contributed by atoms with Crippen LogP contribution in [0.25, 0.3) is 0 Å². The normalized spacial score (nSPS) is 39.3. The molecule has 2 bridgehead atoms. The monoisotopic (exact) mass is 307 g/mol. The molecule has 2 aliphatic carbocycles. The second-order valence-electron chi connectivity index (χ2n) is 8.13. The van der Waals surface area contributed by atoms with E-state index in [0.29, 0.717) is 18.9 Å². The van der Waals surface area contributed by atoms with Crippen molar-refractivity contribution in [1.29, 1.82) is 0 Å². The number of likely N-dealkylation sites (tertiary alicyclic amines) is 1. The van der Waals surface area contributed by atoms with Gasteiger partial charge in [-0.1, -0.05) is 27.7 Å². The van der Waals surface area contributed by atoms with Gasteiger partial charge in [0.2, 0.25) is 5.91 Å². The van der Waals surface area contributed by atoms with E-state index in [-0.39, 0.29) is 34.9 Å². The van der Waals surface area contributed by atoms with Crippen LogP contribution in [0.3, 0.4) is 0 Å². The van der Waals surface area contributed by atoms with Gasteiger partial charge >= 0.3 is 5.97 Å². The van der Waals surface area contributed by atoms with E-state index in [4.69, 9.17) is 4.74 Å². The summed E-state index contributed by atoms with van der Waals surface area (Å²) in [4.78, 5) is 26.3. The summed E-state index contributed by atoms with van der Waals surface area (Å²) < 4.78 is 5.96. The number of fused-ring (bicyclic) bond motifs is 2. The molecule has 0 aromatic rings. The molecule has 0 aromatic heterocycles. The Morgan fingerprint density at radius 1 is 1.23 bits per heavy atom. The molecule has 1 aliphatic heterocycles. The molecule has 2 unspecified atom stereocenters. The molecule has 0 radical (unpaired) electrons. The minimum absolute atomic E-state index is 0.0212. The highest BCUT2D eigenvalue weighted by molar-refractivity contribution is 5.85. The first kappa shape index (κ1) is 15.8. The number of nitrogens with zero attached hydrogens (tertiary/aromatic N) is 1. The summed E-state index contributed by atoms with van der Waals surface area (Å²) in [5.74, 6) is 0.556. The predicted octanol–water partition coefficient (Wildman–Crippen LogP) is 3.15. The van der Waals surface area contributed by atoms with Gasteiger partial charge in [0.1, 0.15) is 12.1 Å². The van der Waals surface area contributed by atoms with E-state index in [9.17, 15) is 9.59 Å². The zero-order valence-electron chi connectivity index (χ0n) is 14.4. The molecule has 2 saturated carbocycles. The minimum Gasteiger partial charge on any atom is -0.460 e. The number of hydrogen-bond acceptors (Lipinski definition) is 3. The molecule has 1 amide bonds. The van der Waals surface area contributed by atoms with E-state index >= 15 is 0 Å². The Morgan fingerprint density at radius 2 is 1.95 bits per heavy atom. The molecule has 4 atom stereocenters. The summed E-state index contributed by atoms with van der Waals surface area (Å²) in [6.45, 7) is 9.47. The molecule has 4 heteroatoms. The van der Waals surface area contributed by atoms with Crippen molar-refractivity contribution < 1.29 is 14.3 Å². The SMILES string of the molecule is CCC(=O)N1CCC[C@H]1C(=O)OC1CC2CC[C@@]1(C)C2(C)C. The molecular weight excluding hydrogens is 278 g/mol. The van der Waals surface area contributed by atoms with E-state index in [2.05, 4.69) is 20.8 Å². The van der Waals surface area contributed by atoms with Crippen molar-refractivity contribution >= 4 is 11.9 Å². The van der Waals surface area contributed by atoms with Gasteiger partial charge in [0.25, 0.3) is 0 Å². The summed E-state index contributed by atoms with van der Waals surface area (Å²) in [6, 6.07) is -0.349. The highest BCUT2D eigenvalue weighted by Crippen LogP contribution is 2.66. The third kappa shape index (κ3) is 2.10. The number of ether oxygens (including phenoxy) is 1. The van der Waals surface area contributed by atoms with Crippen molar-refractivity contribution in [2.75, 3.05) is 6.54 Å². The second kappa shape index (κ2) is 5.24. The standard InChI is InChI=1S/C18H29NO3/c1-5-15(20)19-10-6-7-13(19)16(21)22-14-11-12-8-9-18(14,4)17(12,2)3/h12-14H,5-11H2,1-4H3/t12?,13-,14?,18+/m0/s1. The lowest BCUT2D eigenvalue weighted by atomic mass is 9.70. The van der Waals surface area contributed by atoms with Crippen molar-refractivity contribution in [3.05, 3.63) is 0 Å². The van der Waals surface area contributed by atoms with E-state index in [1.807, 2.05) is 6.92 Å². The van der Waals surface area contributed by atoms with Crippen LogP contribution in [0.5, 0.6) is 0 Å². The quantitative estimate of drug-likeness (QED) is 0.753. The molecule has 124 valence electrons. The number of carbonyl (C=O) groups excluding carboxylic acids is 2. The van der Waals surface area contributed by atoms with Crippen LogP contribution in [0.2, 0.25) is 0 Å². The van der Waals surface area contributed by atoms with Gasteiger partial charge in [0, 0.05) is 18.4 Å². The second-order valence-corrected chi connectivity index (χ2v) is 8.13. The van der Waals surface area contributed by atoms with Crippen molar-refractivity contribution in [3.63, 3.8) is 0 Å². The van der Waals surface area contributed by atoms with Gasteiger partial charge < -0.3 is 9.64 Å². The molecule has 3 aliphatic rings. The van der Waals surface area contributed by atoms with Gasteiger partial charge in [-0.15, -0.1) is 0 Å². The van der Waals surface area contributed by atoms with Crippen LogP contribution >= 0.6 is 0 Å². The Morgan fingerprint density at radius 3 is 2.50 bits per heavy atom. The average molecular weight is 307 g/mol. The van der Waals surface area contributed by atoms with Crippen molar-refractivity contribution in [3.8, 4) is 0 Å².